The summed E-state index contributed by atoms with van der Waals surface area (Å²) < 4.78 is 0. The molecule has 0 unspecified atom stereocenters. The van der Waals surface area contributed by atoms with Gasteiger partial charge < -0.3 is 5.11 Å². The normalized spacial score (nSPS) is 11.5. The zero-order chi connectivity index (χ0) is 10.7. The fourth-order valence-corrected chi connectivity index (χ4v) is 1.28. The average molecular weight is 190 g/mol. The van der Waals surface area contributed by atoms with E-state index >= 15 is 0 Å². The van der Waals surface area contributed by atoms with Crippen molar-refractivity contribution in [3.8, 4) is 0 Å². The highest BCUT2D eigenvalue weighted by Gasteiger charge is 2.01. The van der Waals surface area contributed by atoms with Gasteiger partial charge in [0.05, 0.1) is 0 Å². The zero-order valence-corrected chi connectivity index (χ0v) is 8.66. The summed E-state index contributed by atoms with van der Waals surface area (Å²) in [5.74, 6) is -0.870. The molecule has 0 bridgehead atoms. The summed E-state index contributed by atoms with van der Waals surface area (Å²) >= 11 is 0. The number of aliphatic carboxylic acids is 1. The predicted molar refractivity (Wildman–Crippen MR) is 57.2 cm³/mol. The van der Waals surface area contributed by atoms with Gasteiger partial charge in [-0.3, -0.25) is 0 Å². The second-order valence-electron chi connectivity index (χ2n) is 3.49. The second-order valence-corrected chi connectivity index (χ2v) is 3.49. The minimum atomic E-state index is -0.870. The van der Waals surface area contributed by atoms with Gasteiger partial charge in [0.2, 0.25) is 0 Å². The summed E-state index contributed by atoms with van der Waals surface area (Å²) in [6.45, 7) is 5.60. The van der Waals surface area contributed by atoms with Gasteiger partial charge in [0, 0.05) is 5.57 Å². The molecule has 1 N–H and O–H groups in total. The molecule has 0 amide bonds. The molecular formula is C12H14O2. The molecule has 14 heavy (non-hydrogen) atoms. The summed E-state index contributed by atoms with van der Waals surface area (Å²) in [5, 5.41) is 8.72. The third-order valence-corrected chi connectivity index (χ3v) is 2.13. The smallest absolute Gasteiger partial charge is 0.331 e. The average Bonchev–Trinajstić information content (AvgIpc) is 2.09. The van der Waals surface area contributed by atoms with Crippen molar-refractivity contribution in [2.45, 2.75) is 20.8 Å². The minimum Gasteiger partial charge on any atom is -0.478 e. The lowest BCUT2D eigenvalue weighted by atomic mass is 10.0. The van der Waals surface area contributed by atoms with Crippen molar-refractivity contribution in [3.05, 3.63) is 40.5 Å². The van der Waals surface area contributed by atoms with Crippen LogP contribution in [0.4, 0.5) is 0 Å². The fraction of sp³-hybridized carbons (Fsp3) is 0.250. The monoisotopic (exact) mass is 190 g/mol. The maximum atomic E-state index is 10.6. The Morgan fingerprint density at radius 1 is 1.36 bits per heavy atom. The molecule has 2 nitrogen and oxygen atoms in total. The van der Waals surface area contributed by atoms with Crippen LogP contribution in [-0.4, -0.2) is 11.1 Å². The van der Waals surface area contributed by atoms with Crippen LogP contribution in [-0.2, 0) is 4.79 Å². The Bertz CT molecular complexity index is 389. The number of carboxylic acids is 1. The van der Waals surface area contributed by atoms with Crippen molar-refractivity contribution in [3.63, 3.8) is 0 Å². The molecular weight excluding hydrogens is 176 g/mol. The topological polar surface area (TPSA) is 37.3 Å². The van der Waals surface area contributed by atoms with Crippen LogP contribution in [0.2, 0.25) is 0 Å². The van der Waals surface area contributed by atoms with E-state index in [0.29, 0.717) is 5.57 Å². The first-order chi connectivity index (χ1) is 6.50. The van der Waals surface area contributed by atoms with Gasteiger partial charge in [-0.1, -0.05) is 23.8 Å². The Morgan fingerprint density at radius 3 is 2.50 bits per heavy atom. The molecule has 0 heterocycles. The maximum Gasteiger partial charge on any atom is 0.331 e. The first-order valence-electron chi connectivity index (χ1n) is 4.49. The summed E-state index contributed by atoms with van der Waals surface area (Å²) in [7, 11) is 0. The van der Waals surface area contributed by atoms with Crippen LogP contribution in [0.5, 0.6) is 0 Å². The Labute approximate surface area is 83.9 Å². The van der Waals surface area contributed by atoms with Crippen LogP contribution in [0.25, 0.3) is 6.08 Å². The Kier molecular flexibility index (Phi) is 3.07. The Hall–Kier alpha value is -1.57. The number of benzene rings is 1. The molecule has 0 atom stereocenters. The fourth-order valence-electron chi connectivity index (χ4n) is 1.28. The molecule has 1 rings (SSSR count). The van der Waals surface area contributed by atoms with E-state index in [2.05, 4.69) is 0 Å². The highest BCUT2D eigenvalue weighted by molar-refractivity contribution is 5.91. The van der Waals surface area contributed by atoms with Crippen molar-refractivity contribution in [1.29, 1.82) is 0 Å². The molecule has 0 aliphatic rings. The van der Waals surface area contributed by atoms with E-state index in [1.165, 1.54) is 5.56 Å². The van der Waals surface area contributed by atoms with Gasteiger partial charge >= 0.3 is 5.97 Å². The number of carboxylic acid groups (broad SMARTS) is 1. The largest absolute Gasteiger partial charge is 0.478 e. The van der Waals surface area contributed by atoms with Gasteiger partial charge in [0.1, 0.15) is 0 Å². The molecule has 0 fully saturated rings. The molecule has 0 radical (unpaired) electrons. The van der Waals surface area contributed by atoms with E-state index in [0.717, 1.165) is 11.1 Å². The summed E-state index contributed by atoms with van der Waals surface area (Å²) in [5.41, 5.74) is 3.62. The van der Waals surface area contributed by atoms with Crippen molar-refractivity contribution >= 4 is 12.0 Å². The minimum absolute atomic E-state index is 0.358. The van der Waals surface area contributed by atoms with Crippen LogP contribution in [0.3, 0.4) is 0 Å². The van der Waals surface area contributed by atoms with Crippen molar-refractivity contribution < 1.29 is 9.90 Å². The first kappa shape index (κ1) is 10.5. The molecule has 0 aliphatic heterocycles. The quantitative estimate of drug-likeness (QED) is 0.728. The van der Waals surface area contributed by atoms with Crippen LogP contribution in [0.1, 0.15) is 23.6 Å². The lowest BCUT2D eigenvalue weighted by molar-refractivity contribution is -0.132. The number of hydrogen-bond acceptors (Lipinski definition) is 1. The molecule has 1 aromatic carbocycles. The van der Waals surface area contributed by atoms with E-state index in [1.54, 1.807) is 13.0 Å². The predicted octanol–water partition coefficient (Wildman–Crippen LogP) is 2.79. The molecule has 0 spiro atoms. The molecule has 2 heteroatoms. The number of rotatable bonds is 2. The van der Waals surface area contributed by atoms with Crippen molar-refractivity contribution in [2.75, 3.05) is 0 Å². The van der Waals surface area contributed by atoms with E-state index < -0.39 is 5.97 Å². The lowest BCUT2D eigenvalue weighted by Crippen LogP contribution is -1.96. The van der Waals surface area contributed by atoms with Crippen LogP contribution >= 0.6 is 0 Å². The van der Waals surface area contributed by atoms with E-state index in [9.17, 15) is 4.79 Å². The number of aryl methyl sites for hydroxylation is 2. The van der Waals surface area contributed by atoms with Crippen molar-refractivity contribution in [2.24, 2.45) is 0 Å². The van der Waals surface area contributed by atoms with Gasteiger partial charge in [0.25, 0.3) is 0 Å². The van der Waals surface area contributed by atoms with Gasteiger partial charge in [-0.05, 0) is 38.0 Å². The van der Waals surface area contributed by atoms with Crippen LogP contribution in [0.15, 0.2) is 23.8 Å². The van der Waals surface area contributed by atoms with Crippen LogP contribution in [0, 0.1) is 13.8 Å². The molecule has 0 aliphatic carbocycles. The van der Waals surface area contributed by atoms with E-state index in [1.807, 2.05) is 32.0 Å². The zero-order valence-electron chi connectivity index (χ0n) is 8.66. The molecule has 0 saturated carbocycles. The summed E-state index contributed by atoms with van der Waals surface area (Å²) in [6, 6.07) is 5.96. The molecule has 1 aromatic rings. The SMILES string of the molecule is CC(=Cc1ccc(C)cc1C)C(=O)O. The first-order valence-corrected chi connectivity index (χ1v) is 4.49. The second kappa shape index (κ2) is 4.09. The van der Waals surface area contributed by atoms with E-state index in [-0.39, 0.29) is 0 Å². The molecule has 0 aromatic heterocycles. The lowest BCUT2D eigenvalue weighted by Gasteiger charge is -2.02. The standard InChI is InChI=1S/C12H14O2/c1-8-4-5-11(9(2)6-8)7-10(3)12(13)14/h4-7H,1-3H3,(H,13,14). The third kappa shape index (κ3) is 2.46. The summed E-state index contributed by atoms with van der Waals surface area (Å²) in [4.78, 5) is 10.6. The van der Waals surface area contributed by atoms with Gasteiger partial charge in [-0.25, -0.2) is 4.79 Å². The Morgan fingerprint density at radius 2 is 2.00 bits per heavy atom. The highest BCUT2D eigenvalue weighted by atomic mass is 16.4. The molecule has 74 valence electrons. The number of hydrogen-bond donors (Lipinski definition) is 1. The highest BCUT2D eigenvalue weighted by Crippen LogP contribution is 2.14. The Balaban J connectivity index is 3.09. The van der Waals surface area contributed by atoms with E-state index in [4.69, 9.17) is 5.11 Å². The van der Waals surface area contributed by atoms with Crippen LogP contribution < -0.4 is 0 Å². The van der Waals surface area contributed by atoms with Crippen molar-refractivity contribution in [1.82, 2.24) is 0 Å². The van der Waals surface area contributed by atoms with Gasteiger partial charge in [-0.2, -0.15) is 0 Å². The van der Waals surface area contributed by atoms with Gasteiger partial charge in [0.15, 0.2) is 0 Å². The van der Waals surface area contributed by atoms with Gasteiger partial charge in [-0.15, -0.1) is 0 Å². The third-order valence-electron chi connectivity index (χ3n) is 2.13. The number of carbonyl (C=O) groups is 1. The molecule has 0 saturated heterocycles. The summed E-state index contributed by atoms with van der Waals surface area (Å²) in [6.07, 6.45) is 1.69. The maximum absolute atomic E-state index is 10.6.